The van der Waals surface area contributed by atoms with Crippen LogP contribution in [0, 0.1) is 0 Å². The van der Waals surface area contributed by atoms with Crippen molar-refractivity contribution >= 4 is 22.6 Å². The molecule has 0 fully saturated rings. The molecular formula is C22H20N4O2. The average Bonchev–Trinajstić information content (AvgIpc) is 3.18. The number of H-pyrrole nitrogens is 1. The number of aromatic nitrogens is 2. The molecule has 0 aliphatic rings. The number of benzene rings is 2. The van der Waals surface area contributed by atoms with E-state index in [2.05, 4.69) is 15.3 Å². The third-order valence-electron chi connectivity index (χ3n) is 4.69. The van der Waals surface area contributed by atoms with Gasteiger partial charge in [-0.15, -0.1) is 0 Å². The highest BCUT2D eigenvalue weighted by Gasteiger charge is 2.15. The van der Waals surface area contributed by atoms with Crippen LogP contribution >= 0.6 is 0 Å². The Balaban J connectivity index is 1.71. The molecule has 28 heavy (non-hydrogen) atoms. The van der Waals surface area contributed by atoms with Gasteiger partial charge in [-0.1, -0.05) is 18.2 Å². The summed E-state index contributed by atoms with van der Waals surface area (Å²) in [5.74, 6) is -0.0295. The largest absolute Gasteiger partial charge is 0.508 e. The summed E-state index contributed by atoms with van der Waals surface area (Å²) in [7, 11) is 0. The Morgan fingerprint density at radius 1 is 1.14 bits per heavy atom. The number of fused-ring (bicyclic) bond motifs is 1. The van der Waals surface area contributed by atoms with E-state index < -0.39 is 0 Å². The Bertz CT molecular complexity index is 1150. The molecule has 2 aromatic heterocycles. The van der Waals surface area contributed by atoms with Crippen molar-refractivity contribution < 1.29 is 9.90 Å². The van der Waals surface area contributed by atoms with Crippen molar-refractivity contribution in [3.05, 3.63) is 78.1 Å². The number of phenolic OH excluding ortho intramolecular Hbond substituents is 1. The van der Waals surface area contributed by atoms with E-state index in [1.165, 1.54) is 0 Å². The zero-order chi connectivity index (χ0) is 19.7. The number of carbonyl (C=O) groups excluding carboxylic acids is 1. The quantitative estimate of drug-likeness (QED) is 0.431. The van der Waals surface area contributed by atoms with Crippen LogP contribution in [-0.4, -0.2) is 21.0 Å². The first kappa shape index (κ1) is 17.8. The van der Waals surface area contributed by atoms with Gasteiger partial charge >= 0.3 is 0 Å². The van der Waals surface area contributed by atoms with Crippen LogP contribution in [0.1, 0.15) is 28.9 Å². The van der Waals surface area contributed by atoms with E-state index in [4.69, 9.17) is 5.73 Å². The fraction of sp³-hybridized carbons (Fsp3) is 0.0909. The molecule has 0 bridgehead atoms. The van der Waals surface area contributed by atoms with Gasteiger partial charge in [0, 0.05) is 29.4 Å². The van der Waals surface area contributed by atoms with E-state index in [-0.39, 0.29) is 17.7 Å². The number of hydrogen-bond donors (Lipinski definition) is 4. The molecule has 2 heterocycles. The van der Waals surface area contributed by atoms with Crippen molar-refractivity contribution in [2.75, 3.05) is 5.32 Å². The Morgan fingerprint density at radius 2 is 1.93 bits per heavy atom. The summed E-state index contributed by atoms with van der Waals surface area (Å²) in [6, 6.07) is 15.8. The highest BCUT2D eigenvalue weighted by molar-refractivity contribution is 6.08. The predicted molar refractivity (Wildman–Crippen MR) is 110 cm³/mol. The third-order valence-corrected chi connectivity index (χ3v) is 4.69. The van der Waals surface area contributed by atoms with Crippen LogP contribution in [0.4, 0.5) is 5.69 Å². The van der Waals surface area contributed by atoms with Gasteiger partial charge < -0.3 is 21.1 Å². The van der Waals surface area contributed by atoms with E-state index in [0.29, 0.717) is 11.3 Å². The number of nitrogens with two attached hydrogens (primary N) is 1. The summed E-state index contributed by atoms with van der Waals surface area (Å²) in [6.45, 7) is 1.90. The Labute approximate surface area is 162 Å². The summed E-state index contributed by atoms with van der Waals surface area (Å²) in [4.78, 5) is 20.1. The maximum atomic E-state index is 12.9. The molecule has 4 rings (SSSR count). The summed E-state index contributed by atoms with van der Waals surface area (Å²) < 4.78 is 0. The van der Waals surface area contributed by atoms with Crippen molar-refractivity contribution in [3.63, 3.8) is 0 Å². The number of nitrogens with zero attached hydrogens (tertiary/aromatic N) is 1. The number of pyridine rings is 1. The number of amides is 1. The number of hydrogen-bond acceptors (Lipinski definition) is 4. The summed E-state index contributed by atoms with van der Waals surface area (Å²) in [6.07, 6.45) is 3.43. The van der Waals surface area contributed by atoms with E-state index >= 15 is 0 Å². The second kappa shape index (κ2) is 7.17. The van der Waals surface area contributed by atoms with Crippen molar-refractivity contribution in [3.8, 4) is 16.9 Å². The molecule has 6 nitrogen and oxygen atoms in total. The zero-order valence-corrected chi connectivity index (χ0v) is 15.3. The van der Waals surface area contributed by atoms with Crippen LogP contribution in [-0.2, 0) is 0 Å². The highest BCUT2D eigenvalue weighted by Crippen LogP contribution is 2.30. The average molecular weight is 372 g/mol. The molecule has 1 atom stereocenters. The summed E-state index contributed by atoms with van der Waals surface area (Å²) in [5.41, 5.74) is 10.7. The lowest BCUT2D eigenvalue weighted by Gasteiger charge is -2.15. The monoisotopic (exact) mass is 372 g/mol. The lowest BCUT2D eigenvalue weighted by molar-refractivity contribution is 0.102. The van der Waals surface area contributed by atoms with Crippen LogP contribution in [0.2, 0.25) is 0 Å². The molecule has 140 valence electrons. The van der Waals surface area contributed by atoms with Gasteiger partial charge in [0.05, 0.1) is 5.69 Å². The van der Waals surface area contributed by atoms with E-state index in [1.54, 1.807) is 36.7 Å². The molecule has 1 unspecified atom stereocenters. The molecule has 0 saturated carbocycles. The molecule has 0 radical (unpaired) electrons. The molecule has 0 saturated heterocycles. The van der Waals surface area contributed by atoms with Crippen LogP contribution in [0.3, 0.4) is 0 Å². The molecule has 1 amide bonds. The fourth-order valence-electron chi connectivity index (χ4n) is 3.25. The second-order valence-corrected chi connectivity index (χ2v) is 6.69. The molecular weight excluding hydrogens is 352 g/mol. The lowest BCUT2D eigenvalue weighted by atomic mass is 9.93. The van der Waals surface area contributed by atoms with E-state index in [1.807, 2.05) is 37.3 Å². The molecule has 0 aliphatic carbocycles. The van der Waals surface area contributed by atoms with Gasteiger partial charge in [-0.3, -0.25) is 4.79 Å². The number of aromatic amines is 1. The first-order chi connectivity index (χ1) is 13.5. The number of aromatic hydroxyl groups is 1. The van der Waals surface area contributed by atoms with Crippen molar-refractivity contribution in [2.24, 2.45) is 5.73 Å². The van der Waals surface area contributed by atoms with Crippen LogP contribution in [0.5, 0.6) is 5.75 Å². The Kier molecular flexibility index (Phi) is 4.55. The molecule has 6 heteroatoms. The Morgan fingerprint density at radius 3 is 2.68 bits per heavy atom. The molecule has 0 spiro atoms. The number of carbonyl (C=O) groups is 1. The third kappa shape index (κ3) is 3.33. The molecule has 2 aromatic carbocycles. The van der Waals surface area contributed by atoms with Gasteiger partial charge in [0.2, 0.25) is 0 Å². The molecule has 4 aromatic rings. The summed E-state index contributed by atoms with van der Waals surface area (Å²) >= 11 is 0. The minimum atomic E-state index is -0.218. The van der Waals surface area contributed by atoms with Gasteiger partial charge in [-0.2, -0.15) is 0 Å². The molecule has 0 aliphatic heterocycles. The lowest BCUT2D eigenvalue weighted by Crippen LogP contribution is -2.14. The van der Waals surface area contributed by atoms with Crippen LogP contribution in [0.15, 0.2) is 67.0 Å². The van der Waals surface area contributed by atoms with Crippen LogP contribution < -0.4 is 11.1 Å². The van der Waals surface area contributed by atoms with E-state index in [9.17, 15) is 9.90 Å². The highest BCUT2D eigenvalue weighted by atomic mass is 16.3. The molecule has 5 N–H and O–H groups in total. The second-order valence-electron chi connectivity index (χ2n) is 6.69. The van der Waals surface area contributed by atoms with Crippen molar-refractivity contribution in [1.82, 2.24) is 9.97 Å². The standard InChI is InChI=1S/C22H20N4O2/c1-13(23)17-7-4-15(12-19(17)14-2-5-16(27)6-3-14)22(28)26-20-9-11-25-21-18(20)8-10-24-21/h2-13,27H,23H2,1H3,(H2,24,25,26,28). The maximum Gasteiger partial charge on any atom is 0.255 e. The van der Waals surface area contributed by atoms with Gasteiger partial charge in [0.1, 0.15) is 11.4 Å². The van der Waals surface area contributed by atoms with E-state index in [0.717, 1.165) is 27.7 Å². The minimum Gasteiger partial charge on any atom is -0.508 e. The zero-order valence-electron chi connectivity index (χ0n) is 15.3. The van der Waals surface area contributed by atoms with Crippen molar-refractivity contribution in [1.29, 1.82) is 0 Å². The fourth-order valence-corrected chi connectivity index (χ4v) is 3.25. The number of nitrogens with one attached hydrogen (secondary N) is 2. The normalized spacial score (nSPS) is 12.1. The predicted octanol–water partition coefficient (Wildman–Crippen LogP) is 4.21. The first-order valence-corrected chi connectivity index (χ1v) is 8.95. The maximum absolute atomic E-state index is 12.9. The minimum absolute atomic E-state index is 0.188. The van der Waals surface area contributed by atoms with Gasteiger partial charge in [0.15, 0.2) is 0 Å². The number of rotatable bonds is 4. The van der Waals surface area contributed by atoms with Gasteiger partial charge in [-0.05, 0) is 60.0 Å². The summed E-state index contributed by atoms with van der Waals surface area (Å²) in [5, 5.41) is 13.4. The smallest absolute Gasteiger partial charge is 0.255 e. The van der Waals surface area contributed by atoms with Crippen LogP contribution in [0.25, 0.3) is 22.2 Å². The first-order valence-electron chi connectivity index (χ1n) is 8.95. The van der Waals surface area contributed by atoms with Gasteiger partial charge in [-0.25, -0.2) is 4.98 Å². The van der Waals surface area contributed by atoms with Crippen molar-refractivity contribution in [2.45, 2.75) is 13.0 Å². The van der Waals surface area contributed by atoms with Gasteiger partial charge in [0.25, 0.3) is 5.91 Å². The number of anilines is 1. The number of phenols is 1. The Hall–Kier alpha value is -3.64. The topological polar surface area (TPSA) is 104 Å². The SMILES string of the molecule is CC(N)c1ccc(C(=O)Nc2ccnc3[nH]ccc23)cc1-c1ccc(O)cc1.